The Morgan fingerprint density at radius 2 is 2.07 bits per heavy atom. The van der Waals surface area contributed by atoms with Gasteiger partial charge in [-0.05, 0) is 18.9 Å². The van der Waals surface area contributed by atoms with Crippen LogP contribution in [0.2, 0.25) is 0 Å². The molecular formula is C11H14N2O2. The molecule has 1 rings (SSSR count). The first kappa shape index (κ1) is 11.2. The summed E-state index contributed by atoms with van der Waals surface area (Å²) in [6.07, 6.45) is 0.831. The minimum atomic E-state index is -0.998. The van der Waals surface area contributed by atoms with Gasteiger partial charge in [-0.15, -0.1) is 0 Å². The minimum absolute atomic E-state index is 0.0723. The first-order valence-corrected chi connectivity index (χ1v) is 4.74. The molecule has 0 aromatic heterocycles. The minimum Gasteiger partial charge on any atom is -0.477 e. The number of carboxylic acids is 1. The molecule has 1 aromatic rings. The molecular weight excluding hydrogens is 192 g/mol. The summed E-state index contributed by atoms with van der Waals surface area (Å²) in [5.74, 6) is -0.998. The van der Waals surface area contributed by atoms with E-state index >= 15 is 0 Å². The van der Waals surface area contributed by atoms with Gasteiger partial charge < -0.3 is 10.5 Å². The average molecular weight is 206 g/mol. The number of hydrogen-bond acceptors (Lipinski definition) is 3. The molecule has 4 heteroatoms. The lowest BCUT2D eigenvalue weighted by atomic mass is 10.2. The third kappa shape index (κ3) is 4.26. The van der Waals surface area contributed by atoms with Gasteiger partial charge in [0.2, 0.25) is 0 Å². The number of benzene rings is 1. The van der Waals surface area contributed by atoms with Crippen molar-refractivity contribution in [2.75, 3.05) is 6.54 Å². The predicted octanol–water partition coefficient (Wildman–Crippen LogP) is 1.28. The summed E-state index contributed by atoms with van der Waals surface area (Å²) in [6, 6.07) is 9.96. The summed E-state index contributed by atoms with van der Waals surface area (Å²) in [6.45, 7) is 2.09. The fourth-order valence-corrected chi connectivity index (χ4v) is 1.07. The normalized spacial score (nSPS) is 11.1. The lowest BCUT2D eigenvalue weighted by molar-refractivity contribution is -0.129. The fourth-order valence-electron chi connectivity index (χ4n) is 1.07. The molecule has 0 saturated heterocycles. The molecule has 15 heavy (non-hydrogen) atoms. The summed E-state index contributed by atoms with van der Waals surface area (Å²) in [4.78, 5) is 10.4. The smallest absolute Gasteiger partial charge is 0.351 e. The largest absolute Gasteiger partial charge is 0.477 e. The van der Waals surface area contributed by atoms with Gasteiger partial charge in [0, 0.05) is 6.54 Å². The maximum atomic E-state index is 10.4. The summed E-state index contributed by atoms with van der Waals surface area (Å²) < 4.78 is 0. The van der Waals surface area contributed by atoms with Crippen molar-refractivity contribution in [1.82, 2.24) is 5.43 Å². The van der Waals surface area contributed by atoms with E-state index in [0.717, 1.165) is 6.42 Å². The molecule has 2 N–H and O–H groups in total. The summed E-state index contributed by atoms with van der Waals surface area (Å²) >= 11 is 0. The van der Waals surface area contributed by atoms with E-state index in [9.17, 15) is 4.79 Å². The zero-order chi connectivity index (χ0) is 11.1. The number of nitrogens with zero attached hydrogens (tertiary/aromatic N) is 1. The second-order valence-corrected chi connectivity index (χ2v) is 3.15. The van der Waals surface area contributed by atoms with Crippen LogP contribution in [0.5, 0.6) is 0 Å². The molecule has 0 aliphatic rings. The van der Waals surface area contributed by atoms with Crippen LogP contribution < -0.4 is 5.43 Å². The number of hydrogen-bond donors (Lipinski definition) is 2. The molecule has 0 fully saturated rings. The maximum absolute atomic E-state index is 10.4. The first-order chi connectivity index (χ1) is 7.20. The van der Waals surface area contributed by atoms with E-state index < -0.39 is 5.97 Å². The Balaban J connectivity index is 2.29. The van der Waals surface area contributed by atoms with Gasteiger partial charge in [-0.2, -0.15) is 5.10 Å². The van der Waals surface area contributed by atoms with Crippen LogP contribution in [0.25, 0.3) is 0 Å². The SMILES string of the molecule is C/C(=N/NCCc1ccccc1)C(=O)O. The number of carboxylic acid groups (broad SMARTS) is 1. The molecule has 0 aliphatic heterocycles. The standard InChI is InChI=1S/C11H14N2O2/c1-9(11(14)15)13-12-8-7-10-5-3-2-4-6-10/h2-6,12H,7-8H2,1H3,(H,14,15)/b13-9-. The quantitative estimate of drug-likeness (QED) is 0.433. The van der Waals surface area contributed by atoms with E-state index in [1.165, 1.54) is 12.5 Å². The topological polar surface area (TPSA) is 61.7 Å². The van der Waals surface area contributed by atoms with Crippen LogP contribution in [-0.2, 0) is 11.2 Å². The van der Waals surface area contributed by atoms with Crippen molar-refractivity contribution in [1.29, 1.82) is 0 Å². The number of aliphatic carboxylic acids is 1. The third-order valence-corrected chi connectivity index (χ3v) is 1.92. The van der Waals surface area contributed by atoms with E-state index in [2.05, 4.69) is 10.5 Å². The van der Waals surface area contributed by atoms with E-state index in [0.29, 0.717) is 6.54 Å². The van der Waals surface area contributed by atoms with Crippen LogP contribution in [0.1, 0.15) is 12.5 Å². The lowest BCUT2D eigenvalue weighted by Crippen LogP contribution is -2.17. The van der Waals surface area contributed by atoms with Crippen LogP contribution in [0.15, 0.2) is 35.4 Å². The van der Waals surface area contributed by atoms with Crippen molar-refractivity contribution >= 4 is 11.7 Å². The Morgan fingerprint density at radius 1 is 1.40 bits per heavy atom. The molecule has 0 atom stereocenters. The summed E-state index contributed by atoms with van der Waals surface area (Å²) in [7, 11) is 0. The van der Waals surface area contributed by atoms with Gasteiger partial charge in [0.1, 0.15) is 5.71 Å². The van der Waals surface area contributed by atoms with Crippen LogP contribution in [-0.4, -0.2) is 23.3 Å². The molecule has 0 saturated carbocycles. The van der Waals surface area contributed by atoms with Crippen LogP contribution in [0.3, 0.4) is 0 Å². The van der Waals surface area contributed by atoms with Crippen molar-refractivity contribution in [3.05, 3.63) is 35.9 Å². The van der Waals surface area contributed by atoms with Crippen molar-refractivity contribution in [3.63, 3.8) is 0 Å². The molecule has 1 aromatic carbocycles. The van der Waals surface area contributed by atoms with E-state index in [-0.39, 0.29) is 5.71 Å². The average Bonchev–Trinajstić information content (AvgIpc) is 2.25. The lowest BCUT2D eigenvalue weighted by Gasteiger charge is -2.01. The predicted molar refractivity (Wildman–Crippen MR) is 58.9 cm³/mol. The first-order valence-electron chi connectivity index (χ1n) is 4.74. The van der Waals surface area contributed by atoms with Crippen LogP contribution in [0, 0.1) is 0 Å². The highest BCUT2D eigenvalue weighted by Crippen LogP contribution is 1.97. The molecule has 0 bridgehead atoms. The van der Waals surface area contributed by atoms with Crippen molar-refractivity contribution in [2.24, 2.45) is 5.10 Å². The molecule has 4 nitrogen and oxygen atoms in total. The molecule has 0 spiro atoms. The number of nitrogens with one attached hydrogen (secondary N) is 1. The van der Waals surface area contributed by atoms with Crippen LogP contribution in [0.4, 0.5) is 0 Å². The third-order valence-electron chi connectivity index (χ3n) is 1.92. The van der Waals surface area contributed by atoms with Crippen molar-refractivity contribution in [3.8, 4) is 0 Å². The number of hydrazone groups is 1. The summed E-state index contributed by atoms with van der Waals surface area (Å²) in [5.41, 5.74) is 4.00. The number of rotatable bonds is 5. The summed E-state index contributed by atoms with van der Waals surface area (Å²) in [5, 5.41) is 12.2. The van der Waals surface area contributed by atoms with Crippen LogP contribution >= 0.6 is 0 Å². The van der Waals surface area contributed by atoms with Gasteiger partial charge in [0.25, 0.3) is 0 Å². The Morgan fingerprint density at radius 3 is 2.67 bits per heavy atom. The Hall–Kier alpha value is -1.84. The van der Waals surface area contributed by atoms with Gasteiger partial charge in [0.05, 0.1) is 0 Å². The Bertz CT molecular complexity index is 347. The number of carbonyl (C=O) groups is 1. The highest BCUT2D eigenvalue weighted by Gasteiger charge is 1.99. The van der Waals surface area contributed by atoms with Gasteiger partial charge in [-0.1, -0.05) is 30.3 Å². The van der Waals surface area contributed by atoms with E-state index in [1.54, 1.807) is 0 Å². The zero-order valence-corrected chi connectivity index (χ0v) is 8.60. The highest BCUT2D eigenvalue weighted by atomic mass is 16.4. The Labute approximate surface area is 88.6 Å². The van der Waals surface area contributed by atoms with E-state index in [4.69, 9.17) is 5.11 Å². The second-order valence-electron chi connectivity index (χ2n) is 3.15. The Kier molecular flexibility index (Phi) is 4.34. The van der Waals surface area contributed by atoms with E-state index in [1.807, 2.05) is 30.3 Å². The zero-order valence-electron chi connectivity index (χ0n) is 8.60. The monoisotopic (exact) mass is 206 g/mol. The molecule has 0 unspecified atom stereocenters. The highest BCUT2D eigenvalue weighted by molar-refractivity contribution is 6.34. The van der Waals surface area contributed by atoms with Gasteiger partial charge >= 0.3 is 5.97 Å². The van der Waals surface area contributed by atoms with Crippen molar-refractivity contribution in [2.45, 2.75) is 13.3 Å². The fraction of sp³-hybridized carbons (Fsp3) is 0.273. The molecule has 0 heterocycles. The molecule has 0 aliphatic carbocycles. The van der Waals surface area contributed by atoms with Crippen molar-refractivity contribution < 1.29 is 9.90 Å². The van der Waals surface area contributed by atoms with Gasteiger partial charge in [0.15, 0.2) is 0 Å². The molecule has 0 radical (unpaired) electrons. The second kappa shape index (κ2) is 5.80. The molecule has 0 amide bonds. The molecule has 80 valence electrons. The maximum Gasteiger partial charge on any atom is 0.351 e. The van der Waals surface area contributed by atoms with Gasteiger partial charge in [-0.25, -0.2) is 4.79 Å². The van der Waals surface area contributed by atoms with Gasteiger partial charge in [-0.3, -0.25) is 0 Å².